The lowest BCUT2D eigenvalue weighted by molar-refractivity contribution is 0.0914. The number of hydrogen-bond donors (Lipinski definition) is 2. The van der Waals surface area contributed by atoms with E-state index in [0.29, 0.717) is 17.8 Å². The SMILES string of the molecule is CCCC(O)CNC(=O)c1sccc1-c1ccccc1. The van der Waals surface area contributed by atoms with Crippen LogP contribution in [-0.4, -0.2) is 23.7 Å². The Morgan fingerprint density at radius 2 is 2.05 bits per heavy atom. The molecule has 1 heterocycles. The predicted octanol–water partition coefficient (Wildman–Crippen LogP) is 3.31. The largest absolute Gasteiger partial charge is 0.391 e. The van der Waals surface area contributed by atoms with Crippen molar-refractivity contribution in [3.8, 4) is 11.1 Å². The second-order valence-electron chi connectivity index (χ2n) is 4.68. The first-order valence-electron chi connectivity index (χ1n) is 6.81. The summed E-state index contributed by atoms with van der Waals surface area (Å²) in [6.45, 7) is 2.32. The van der Waals surface area contributed by atoms with E-state index >= 15 is 0 Å². The molecular weight excluding hydrogens is 270 g/mol. The molecule has 0 fully saturated rings. The fourth-order valence-corrected chi connectivity index (χ4v) is 2.89. The summed E-state index contributed by atoms with van der Waals surface area (Å²) in [6.07, 6.45) is 1.14. The van der Waals surface area contributed by atoms with Crippen LogP contribution in [0.15, 0.2) is 41.8 Å². The van der Waals surface area contributed by atoms with Gasteiger partial charge in [0.15, 0.2) is 0 Å². The third-order valence-corrected chi connectivity index (χ3v) is 3.99. The summed E-state index contributed by atoms with van der Waals surface area (Å²) in [6, 6.07) is 11.8. The van der Waals surface area contributed by atoms with Crippen LogP contribution in [-0.2, 0) is 0 Å². The molecule has 0 bridgehead atoms. The molecular formula is C16H19NO2S. The number of carbonyl (C=O) groups excluding carboxylic acids is 1. The van der Waals surface area contributed by atoms with Crippen LogP contribution in [0.4, 0.5) is 0 Å². The van der Waals surface area contributed by atoms with Gasteiger partial charge in [-0.2, -0.15) is 0 Å². The van der Waals surface area contributed by atoms with E-state index in [4.69, 9.17) is 0 Å². The maximum atomic E-state index is 12.2. The molecule has 1 atom stereocenters. The topological polar surface area (TPSA) is 49.3 Å². The monoisotopic (exact) mass is 289 g/mol. The Kier molecular flexibility index (Phi) is 5.32. The number of amides is 1. The van der Waals surface area contributed by atoms with E-state index in [1.165, 1.54) is 11.3 Å². The Morgan fingerprint density at radius 1 is 1.30 bits per heavy atom. The average Bonchev–Trinajstić information content (AvgIpc) is 2.95. The van der Waals surface area contributed by atoms with E-state index in [1.54, 1.807) is 0 Å². The number of thiophene rings is 1. The minimum atomic E-state index is -0.468. The number of aliphatic hydroxyl groups excluding tert-OH is 1. The maximum absolute atomic E-state index is 12.2. The van der Waals surface area contributed by atoms with Gasteiger partial charge >= 0.3 is 0 Å². The smallest absolute Gasteiger partial charge is 0.262 e. The molecule has 106 valence electrons. The van der Waals surface area contributed by atoms with E-state index in [0.717, 1.165) is 17.5 Å². The van der Waals surface area contributed by atoms with Crippen LogP contribution in [0, 0.1) is 0 Å². The number of carbonyl (C=O) groups is 1. The highest BCUT2D eigenvalue weighted by Gasteiger charge is 2.15. The van der Waals surface area contributed by atoms with Gasteiger partial charge in [-0.1, -0.05) is 43.7 Å². The summed E-state index contributed by atoms with van der Waals surface area (Å²) in [5, 5.41) is 14.4. The maximum Gasteiger partial charge on any atom is 0.262 e. The predicted molar refractivity (Wildman–Crippen MR) is 83.0 cm³/mol. The van der Waals surface area contributed by atoms with Crippen molar-refractivity contribution in [3.05, 3.63) is 46.7 Å². The lowest BCUT2D eigenvalue weighted by atomic mass is 10.1. The number of hydrogen-bond acceptors (Lipinski definition) is 3. The zero-order chi connectivity index (χ0) is 14.4. The fourth-order valence-electron chi connectivity index (χ4n) is 2.06. The number of nitrogens with one attached hydrogen (secondary N) is 1. The average molecular weight is 289 g/mol. The highest BCUT2D eigenvalue weighted by atomic mass is 32.1. The van der Waals surface area contributed by atoms with Gasteiger partial charge in [0, 0.05) is 12.1 Å². The molecule has 1 aromatic carbocycles. The molecule has 1 amide bonds. The molecule has 2 rings (SSSR count). The molecule has 4 heteroatoms. The molecule has 0 aliphatic heterocycles. The quantitative estimate of drug-likeness (QED) is 0.857. The molecule has 0 aliphatic carbocycles. The van der Waals surface area contributed by atoms with Crippen molar-refractivity contribution in [3.63, 3.8) is 0 Å². The van der Waals surface area contributed by atoms with Gasteiger partial charge in [-0.25, -0.2) is 0 Å². The van der Waals surface area contributed by atoms with Crippen molar-refractivity contribution in [1.29, 1.82) is 0 Å². The lowest BCUT2D eigenvalue weighted by Gasteiger charge is -2.11. The molecule has 2 N–H and O–H groups in total. The number of benzene rings is 1. The van der Waals surface area contributed by atoms with Gasteiger partial charge < -0.3 is 10.4 Å². The van der Waals surface area contributed by atoms with E-state index in [2.05, 4.69) is 5.32 Å². The highest BCUT2D eigenvalue weighted by molar-refractivity contribution is 7.12. The summed E-state index contributed by atoms with van der Waals surface area (Å²) in [5.74, 6) is -0.117. The fraction of sp³-hybridized carbons (Fsp3) is 0.312. The third kappa shape index (κ3) is 3.68. The molecule has 0 radical (unpaired) electrons. The third-order valence-electron chi connectivity index (χ3n) is 3.08. The molecule has 0 saturated carbocycles. The van der Waals surface area contributed by atoms with Crippen molar-refractivity contribution < 1.29 is 9.90 Å². The summed E-state index contributed by atoms with van der Waals surface area (Å²) in [7, 11) is 0. The minimum Gasteiger partial charge on any atom is -0.391 e. The van der Waals surface area contributed by atoms with Crippen molar-refractivity contribution in [2.45, 2.75) is 25.9 Å². The van der Waals surface area contributed by atoms with Gasteiger partial charge in [0.25, 0.3) is 5.91 Å². The van der Waals surface area contributed by atoms with Gasteiger partial charge in [0.05, 0.1) is 11.0 Å². The van der Waals surface area contributed by atoms with Crippen LogP contribution in [0.2, 0.25) is 0 Å². The minimum absolute atomic E-state index is 0.117. The first kappa shape index (κ1) is 14.8. The van der Waals surface area contributed by atoms with Crippen molar-refractivity contribution in [1.82, 2.24) is 5.32 Å². The Labute approximate surface area is 123 Å². The molecule has 20 heavy (non-hydrogen) atoms. The molecule has 0 aliphatic rings. The van der Waals surface area contributed by atoms with Crippen molar-refractivity contribution in [2.24, 2.45) is 0 Å². The van der Waals surface area contributed by atoms with Crippen molar-refractivity contribution in [2.75, 3.05) is 6.54 Å². The van der Waals surface area contributed by atoms with Crippen molar-refractivity contribution >= 4 is 17.2 Å². The number of aliphatic hydroxyl groups is 1. The van der Waals surface area contributed by atoms with Crippen LogP contribution in [0.1, 0.15) is 29.4 Å². The van der Waals surface area contributed by atoms with Crippen LogP contribution < -0.4 is 5.32 Å². The second-order valence-corrected chi connectivity index (χ2v) is 5.60. The van der Waals surface area contributed by atoms with E-state index < -0.39 is 6.10 Å². The summed E-state index contributed by atoms with van der Waals surface area (Å²) < 4.78 is 0. The standard InChI is InChI=1S/C16H19NO2S/c1-2-6-13(18)11-17-16(19)15-14(9-10-20-15)12-7-4-3-5-8-12/h3-5,7-10,13,18H,2,6,11H2,1H3,(H,17,19). The van der Waals surface area contributed by atoms with Gasteiger partial charge in [-0.15, -0.1) is 11.3 Å². The summed E-state index contributed by atoms with van der Waals surface area (Å²) in [4.78, 5) is 12.9. The zero-order valence-corrected chi connectivity index (χ0v) is 12.3. The Bertz CT molecular complexity index is 551. The highest BCUT2D eigenvalue weighted by Crippen LogP contribution is 2.27. The first-order chi connectivity index (χ1) is 9.72. The summed E-state index contributed by atoms with van der Waals surface area (Å²) in [5.41, 5.74) is 1.98. The van der Waals surface area contributed by atoms with Gasteiger partial charge in [0.1, 0.15) is 0 Å². The van der Waals surface area contributed by atoms with E-state index in [1.807, 2.05) is 48.7 Å². The van der Waals surface area contributed by atoms with Gasteiger partial charge in [-0.05, 0) is 23.4 Å². The summed E-state index contributed by atoms with van der Waals surface area (Å²) >= 11 is 1.42. The van der Waals surface area contributed by atoms with Crippen LogP contribution in [0.3, 0.4) is 0 Å². The molecule has 1 aromatic heterocycles. The molecule has 3 nitrogen and oxygen atoms in total. The normalized spacial score (nSPS) is 12.1. The van der Waals surface area contributed by atoms with E-state index in [9.17, 15) is 9.90 Å². The number of rotatable bonds is 6. The Morgan fingerprint density at radius 3 is 2.75 bits per heavy atom. The second kappa shape index (κ2) is 7.22. The van der Waals surface area contributed by atoms with Gasteiger partial charge in [0.2, 0.25) is 0 Å². The van der Waals surface area contributed by atoms with Crippen LogP contribution >= 0.6 is 11.3 Å². The molecule has 2 aromatic rings. The molecule has 1 unspecified atom stereocenters. The Balaban J connectivity index is 2.07. The Hall–Kier alpha value is -1.65. The lowest BCUT2D eigenvalue weighted by Crippen LogP contribution is -2.31. The zero-order valence-electron chi connectivity index (χ0n) is 11.5. The molecule has 0 saturated heterocycles. The van der Waals surface area contributed by atoms with Crippen LogP contribution in [0.25, 0.3) is 11.1 Å². The van der Waals surface area contributed by atoms with E-state index in [-0.39, 0.29) is 5.91 Å². The van der Waals surface area contributed by atoms with Gasteiger partial charge in [-0.3, -0.25) is 4.79 Å². The first-order valence-corrected chi connectivity index (χ1v) is 7.69. The van der Waals surface area contributed by atoms with Crippen LogP contribution in [0.5, 0.6) is 0 Å². The molecule has 0 spiro atoms.